The third-order valence-electron chi connectivity index (χ3n) is 22.5. The summed E-state index contributed by atoms with van der Waals surface area (Å²) in [6, 6.07) is 1.49. The Hall–Kier alpha value is -9.18. The van der Waals surface area contributed by atoms with E-state index in [9.17, 15) is 0 Å². The summed E-state index contributed by atoms with van der Waals surface area (Å²) in [7, 11) is 17.4. The lowest BCUT2D eigenvalue weighted by molar-refractivity contribution is 0.0574. The molecule has 0 aromatic rings. The smallest absolute Gasteiger partial charge is 0.287 e. The van der Waals surface area contributed by atoms with Gasteiger partial charge in [0.15, 0.2) is 35.8 Å². The Labute approximate surface area is 770 Å². The van der Waals surface area contributed by atoms with E-state index in [-0.39, 0.29) is 20.7 Å². The molecule has 20 N–H and O–H groups in total. The molecule has 14 rings (SSSR count). The van der Waals surface area contributed by atoms with Gasteiger partial charge >= 0.3 is 0 Å². The van der Waals surface area contributed by atoms with Crippen molar-refractivity contribution >= 4 is 82.8 Å². The van der Waals surface area contributed by atoms with Crippen molar-refractivity contribution in [3.63, 3.8) is 0 Å². The van der Waals surface area contributed by atoms with E-state index < -0.39 is 0 Å². The van der Waals surface area contributed by atoms with Gasteiger partial charge in [0.2, 0.25) is 0 Å². The molecule has 0 aromatic carbocycles. The number of nitrogens with two attached hydrogens (primary N) is 3. The summed E-state index contributed by atoms with van der Waals surface area (Å²) in [6.45, 7) is 56.5. The molecular weight excluding hydrogens is 1610 g/mol. The van der Waals surface area contributed by atoms with E-state index >= 15 is 0 Å². The maximum atomic E-state index is 7.40. The second-order valence-corrected chi connectivity index (χ2v) is 32.6. The summed E-state index contributed by atoms with van der Waals surface area (Å²) in [6.07, 6.45) is 17.0. The number of piperazine rings is 2. The van der Waals surface area contributed by atoms with Crippen LogP contribution in [0, 0.1) is 44.3 Å². The SMILES string of the molecule is CC(=N)N1CCC(C)CC1.CC(=N)N1CCN(C)CC1.CC1CCN(C(=N)N)CC1.CCN(C)C1=NCCC1.CCN(C)C1=NCCN1.CCN(C)C1=NCCO1.CCNC1=NCCC1.CCNC1=NCCN1.CCNC1=NCCO1.CN1CCN(C(=N)N)CC1.CN=C1CCCN1.CN=C1NCCN1.COC1CCN(C(=N)N)CC1.COC1CCN(C(C)=N)CC1.[HH].[HH]. The maximum Gasteiger partial charge on any atom is 0.287 e. The number of nitrogens with zero attached hydrogens (tertiary/aromatic N) is 19. The molecule has 0 bridgehead atoms. The Morgan fingerprint density at radius 3 is 1.22 bits per heavy atom. The number of rotatable bonds is 8. The van der Waals surface area contributed by atoms with Crippen molar-refractivity contribution in [1.29, 1.82) is 32.5 Å². The lowest BCUT2D eigenvalue weighted by atomic mass is 9.99. The van der Waals surface area contributed by atoms with E-state index in [2.05, 4.69) is 186 Å². The van der Waals surface area contributed by atoms with Gasteiger partial charge in [-0.15, -0.1) is 0 Å². The molecule has 0 saturated carbocycles. The monoisotopic (exact) mass is 1800 g/mol. The minimum Gasteiger partial charge on any atom is -0.463 e. The number of nitrogens with one attached hydrogen (secondary N) is 14. The third-order valence-corrected chi connectivity index (χ3v) is 22.5. The lowest BCUT2D eigenvalue weighted by Crippen LogP contribution is -2.49. The summed E-state index contributed by atoms with van der Waals surface area (Å²) in [5.41, 5.74) is 15.9. The van der Waals surface area contributed by atoms with E-state index in [1.807, 2.05) is 68.4 Å². The first-order chi connectivity index (χ1) is 61.0. The average Bonchev–Trinajstić information content (AvgIpc) is 1.54. The van der Waals surface area contributed by atoms with Gasteiger partial charge in [0.1, 0.15) is 13.2 Å². The molecule has 14 heterocycles. The molecule has 0 radical (unpaired) electrons. The average molecular weight is 1800 g/mol. The number of methoxy groups -OCH3 is 2. The minimum absolute atomic E-state index is 0. The summed E-state index contributed by atoms with van der Waals surface area (Å²) < 4.78 is 20.6. The van der Waals surface area contributed by atoms with Gasteiger partial charge in [-0.1, -0.05) is 13.8 Å². The molecule has 8 saturated heterocycles. The first kappa shape index (κ1) is 116. The predicted molar refractivity (Wildman–Crippen MR) is 538 cm³/mol. The van der Waals surface area contributed by atoms with Crippen LogP contribution >= 0.6 is 0 Å². The molecule has 127 heavy (non-hydrogen) atoms. The highest BCUT2D eigenvalue weighted by Gasteiger charge is 2.23. The van der Waals surface area contributed by atoms with Crippen molar-refractivity contribution in [3.05, 3.63) is 0 Å². The zero-order valence-corrected chi connectivity index (χ0v) is 82.8. The van der Waals surface area contributed by atoms with Gasteiger partial charge in [-0.3, -0.25) is 62.4 Å². The number of ether oxygens (including phenoxy) is 4. The molecule has 40 nitrogen and oxygen atoms in total. The van der Waals surface area contributed by atoms with Crippen LogP contribution in [0.1, 0.15) is 169 Å². The van der Waals surface area contributed by atoms with Gasteiger partial charge in [0.05, 0.1) is 73.4 Å². The third kappa shape index (κ3) is 56.0. The molecule has 0 amide bonds. The van der Waals surface area contributed by atoms with Gasteiger partial charge in [-0.2, -0.15) is 0 Å². The quantitative estimate of drug-likeness (QED) is 0.117. The molecule has 40 heteroatoms. The molecule has 0 spiro atoms. The van der Waals surface area contributed by atoms with Crippen LogP contribution in [0.15, 0.2) is 39.9 Å². The molecular formula is C87H186N36O4. The molecule has 0 atom stereocenters. The fourth-order valence-corrected chi connectivity index (χ4v) is 13.6. The van der Waals surface area contributed by atoms with Crippen LogP contribution in [0.5, 0.6) is 0 Å². The van der Waals surface area contributed by atoms with Crippen LogP contribution in [0.3, 0.4) is 0 Å². The van der Waals surface area contributed by atoms with Crippen LogP contribution < -0.4 is 59.7 Å². The first-order valence-corrected chi connectivity index (χ1v) is 47.0. The Balaban J connectivity index is 0. The van der Waals surface area contributed by atoms with E-state index in [1.165, 1.54) is 68.9 Å². The highest BCUT2D eigenvalue weighted by molar-refractivity contribution is 5.85. The largest absolute Gasteiger partial charge is 0.463 e. The molecule has 14 aliphatic heterocycles. The van der Waals surface area contributed by atoms with Crippen molar-refractivity contribution in [3.8, 4) is 0 Å². The second kappa shape index (κ2) is 72.7. The maximum absolute atomic E-state index is 7.40. The molecule has 14 aliphatic rings. The van der Waals surface area contributed by atoms with Gasteiger partial charge in [-0.25, -0.2) is 9.98 Å². The van der Waals surface area contributed by atoms with E-state index in [0.717, 1.165) is 309 Å². The van der Waals surface area contributed by atoms with Crippen molar-refractivity contribution in [1.82, 2.24) is 96.4 Å². The molecule has 0 aromatic heterocycles. The van der Waals surface area contributed by atoms with Crippen molar-refractivity contribution in [2.24, 2.45) is 69.0 Å². The Morgan fingerprint density at radius 1 is 0.441 bits per heavy atom. The van der Waals surface area contributed by atoms with Crippen LogP contribution in [-0.2, 0) is 18.9 Å². The fourth-order valence-electron chi connectivity index (χ4n) is 13.6. The van der Waals surface area contributed by atoms with Gasteiger partial charge in [-0.05, 0) is 159 Å². The number of hydrogen-bond donors (Lipinski definition) is 17. The highest BCUT2D eigenvalue weighted by atomic mass is 16.5. The molecule has 0 unspecified atom stereocenters. The van der Waals surface area contributed by atoms with E-state index in [4.69, 9.17) is 68.6 Å². The first-order valence-electron chi connectivity index (χ1n) is 47.0. The zero-order valence-electron chi connectivity index (χ0n) is 82.8. The molecule has 0 aliphatic carbocycles. The summed E-state index contributed by atoms with van der Waals surface area (Å²) >= 11 is 0. The van der Waals surface area contributed by atoms with Crippen molar-refractivity contribution in [2.45, 2.75) is 178 Å². The number of aliphatic imine (C=N–C) groups is 8. The number of likely N-dealkylation sites (tertiary alicyclic amines) is 4. The number of piperidine rings is 4. The van der Waals surface area contributed by atoms with Crippen molar-refractivity contribution in [2.75, 3.05) is 293 Å². The Morgan fingerprint density at radius 2 is 0.874 bits per heavy atom. The number of amidine groups is 8. The zero-order chi connectivity index (χ0) is 94.5. The van der Waals surface area contributed by atoms with Crippen LogP contribution in [0.25, 0.3) is 0 Å². The Bertz CT molecular complexity index is 2860. The normalized spacial score (nSPS) is 19.6. The van der Waals surface area contributed by atoms with Gasteiger partial charge in [0.25, 0.3) is 12.0 Å². The molecule has 738 valence electrons. The highest BCUT2D eigenvalue weighted by Crippen LogP contribution is 2.18. The predicted octanol–water partition coefficient (Wildman–Crippen LogP) is 4.50. The summed E-state index contributed by atoms with van der Waals surface area (Å²) in [5, 5.41) is 68.4. The number of guanidine groups is 6. The van der Waals surface area contributed by atoms with E-state index in [1.54, 1.807) is 21.3 Å². The molecule has 8 fully saturated rings. The Kier molecular flexibility index (Phi) is 66.3. The van der Waals surface area contributed by atoms with E-state index in [0.29, 0.717) is 29.9 Å². The number of hydrogen-bond acceptors (Lipinski definition) is 28. The van der Waals surface area contributed by atoms with Crippen LogP contribution in [-0.4, -0.2) is 442 Å². The van der Waals surface area contributed by atoms with Gasteiger partial charge in [0, 0.05) is 261 Å². The topological polar surface area (TPSA) is 489 Å². The standard InChI is InChI=1S/C8H16N2O.C8H16N2.C7H15N3O.2C7H15N3.C7H14N2.C6H14N4.C6H13N3.C6H12N2O.C6H12N2.C5H11N3.C5H10N2O.C5H10N2.C4H9N3.2H2/c1-7(9)10-5-3-8(11-2)4-6-10;1-7-3-5-10(6-4-7)8(2)9;1-11-6-2-4-10(5-3-6)7(8)9;1-7(8)10-5-3-9(2)4-6-10;1-6-2-4-10(5-3-6)7(8)9;1-3-9(2)7-5-4-6-8-7;1-9-2-4-10(5-3-9)6(7)8;1-3-9(2)6-7-4-5-8-6;1-3-8(2)6-7-4-5-9-6;1-2-7-6-4-3-5-8-6;2*1-2-6-5-7-3-4-8-5;1-6-5-3-2-4-7-5;1-5-4-6-2-3-7-4;;/h8-9H,3-6H2,1-2H3;7,9H,3-6H2,1-2H3;6H,2-5H2,1H3,(H3,8,9);8H,3-6H2,1-2H3;6H,2-5H2,1H3,(H3,8,9);3-6H2,1-2H3;2-5H2,1H3,(H3,7,8);3-5H2,1-2H3,(H,7,8);3-5H2,1-2H3;2-5H2,1H3,(H,7,8);2-4H2,1H3,(H2,6,7,8);2-4H2,1H3,(H,6,7);2-4H2,1H3,(H,6,7);2-3H2,1H3,(H2,5,6,7);2*1H. The van der Waals surface area contributed by atoms with Crippen LogP contribution in [0.2, 0.25) is 0 Å². The number of likely N-dealkylation sites (N-methyl/N-ethyl adjacent to an activating group) is 2. The van der Waals surface area contributed by atoms with Gasteiger partial charge < -0.3 is 133 Å². The van der Waals surface area contributed by atoms with Crippen molar-refractivity contribution < 1.29 is 21.8 Å². The minimum atomic E-state index is 0. The summed E-state index contributed by atoms with van der Waals surface area (Å²) in [5.74, 6) is 11.0. The van der Waals surface area contributed by atoms with Crippen LogP contribution in [0.4, 0.5) is 0 Å². The summed E-state index contributed by atoms with van der Waals surface area (Å²) in [4.78, 5) is 55.8. The lowest BCUT2D eigenvalue weighted by Gasteiger charge is -2.32. The fraction of sp³-hybridized carbons (Fsp3) is 0.839. The second-order valence-electron chi connectivity index (χ2n) is 32.6.